The van der Waals surface area contributed by atoms with Crippen molar-refractivity contribution in [1.29, 1.82) is 0 Å². The fourth-order valence-corrected chi connectivity index (χ4v) is 2.14. The highest BCUT2D eigenvalue weighted by Gasteiger charge is 2.25. The fourth-order valence-electron chi connectivity index (χ4n) is 2.14. The Morgan fingerprint density at radius 1 is 0.960 bits per heavy atom. The maximum absolute atomic E-state index is 11.9. The predicted octanol–water partition coefficient (Wildman–Crippen LogP) is 2.85. The van der Waals surface area contributed by atoms with Crippen molar-refractivity contribution in [2.24, 2.45) is 4.99 Å². The number of hydrogen-bond acceptors (Lipinski definition) is 7. The van der Waals surface area contributed by atoms with Crippen LogP contribution in [0.3, 0.4) is 0 Å². The summed E-state index contributed by atoms with van der Waals surface area (Å²) in [5.41, 5.74) is 0.604. The summed E-state index contributed by atoms with van der Waals surface area (Å²) < 4.78 is 5.04. The van der Waals surface area contributed by atoms with Crippen LogP contribution < -0.4 is 0 Å². The van der Waals surface area contributed by atoms with E-state index in [1.165, 1.54) is 54.6 Å². The minimum Gasteiger partial charge on any atom is -0.402 e. The van der Waals surface area contributed by atoms with Gasteiger partial charge in [-0.3, -0.25) is 20.2 Å². The van der Waals surface area contributed by atoms with Crippen molar-refractivity contribution in [2.45, 2.75) is 0 Å². The lowest BCUT2D eigenvalue weighted by atomic mass is 10.2. The van der Waals surface area contributed by atoms with E-state index in [0.717, 1.165) is 0 Å². The molecule has 0 N–H and O–H groups in total. The van der Waals surface area contributed by atoms with Crippen LogP contribution in [0.1, 0.15) is 11.1 Å². The normalized spacial score (nSPS) is 15.0. The molecule has 0 saturated heterocycles. The molecular formula is C16H9N3O6. The second-order valence-corrected chi connectivity index (χ2v) is 4.99. The first-order chi connectivity index (χ1) is 11.9. The molecule has 0 saturated carbocycles. The van der Waals surface area contributed by atoms with Crippen molar-refractivity contribution in [3.8, 4) is 0 Å². The van der Waals surface area contributed by atoms with Crippen LogP contribution in [0.4, 0.5) is 11.4 Å². The molecule has 3 rings (SSSR count). The smallest absolute Gasteiger partial charge is 0.363 e. The third-order valence-electron chi connectivity index (χ3n) is 3.33. The summed E-state index contributed by atoms with van der Waals surface area (Å²) in [6.07, 6.45) is 1.41. The zero-order valence-corrected chi connectivity index (χ0v) is 12.5. The van der Waals surface area contributed by atoms with E-state index in [4.69, 9.17) is 4.74 Å². The van der Waals surface area contributed by atoms with Crippen molar-refractivity contribution in [1.82, 2.24) is 0 Å². The van der Waals surface area contributed by atoms with Gasteiger partial charge >= 0.3 is 5.97 Å². The number of carbonyl (C=O) groups is 1. The first kappa shape index (κ1) is 16.0. The van der Waals surface area contributed by atoms with Gasteiger partial charge in [0, 0.05) is 29.8 Å². The number of aliphatic imine (C=N–C) groups is 1. The van der Waals surface area contributed by atoms with Gasteiger partial charge in [0.05, 0.1) is 9.85 Å². The summed E-state index contributed by atoms with van der Waals surface area (Å²) in [6, 6.07) is 11.1. The van der Waals surface area contributed by atoms with Gasteiger partial charge in [0.15, 0.2) is 5.70 Å². The van der Waals surface area contributed by atoms with Gasteiger partial charge < -0.3 is 4.74 Å². The molecule has 124 valence electrons. The molecule has 0 bridgehead atoms. The molecule has 0 unspecified atom stereocenters. The Bertz CT molecular complexity index is 947. The largest absolute Gasteiger partial charge is 0.402 e. The van der Waals surface area contributed by atoms with Crippen molar-refractivity contribution < 1.29 is 19.4 Å². The molecule has 1 heterocycles. The fraction of sp³-hybridized carbons (Fsp3) is 0. The van der Waals surface area contributed by atoms with Crippen LogP contribution in [-0.2, 0) is 9.53 Å². The lowest BCUT2D eigenvalue weighted by Gasteiger charge is -1.98. The number of nitrogens with zero attached hydrogens (tertiary/aromatic N) is 3. The molecule has 2 aromatic rings. The lowest BCUT2D eigenvalue weighted by molar-refractivity contribution is -0.385. The first-order valence-corrected chi connectivity index (χ1v) is 6.96. The van der Waals surface area contributed by atoms with Crippen molar-refractivity contribution in [3.05, 3.63) is 85.6 Å². The monoisotopic (exact) mass is 339 g/mol. The number of nitro groups is 2. The first-order valence-electron chi connectivity index (χ1n) is 6.96. The Labute approximate surface area is 140 Å². The molecular weight excluding hydrogens is 330 g/mol. The number of ether oxygens (including phenoxy) is 1. The van der Waals surface area contributed by atoms with Gasteiger partial charge in [-0.2, -0.15) is 0 Å². The van der Waals surface area contributed by atoms with Gasteiger partial charge in [0.25, 0.3) is 11.4 Å². The maximum Gasteiger partial charge on any atom is 0.363 e. The Morgan fingerprint density at radius 2 is 1.64 bits per heavy atom. The van der Waals surface area contributed by atoms with E-state index in [9.17, 15) is 25.0 Å². The minimum absolute atomic E-state index is 0.00430. The molecule has 0 fully saturated rings. The second kappa shape index (κ2) is 6.32. The van der Waals surface area contributed by atoms with Crippen LogP contribution in [0, 0.1) is 20.2 Å². The third kappa shape index (κ3) is 3.39. The van der Waals surface area contributed by atoms with Crippen LogP contribution in [-0.4, -0.2) is 21.7 Å². The standard InChI is InChI=1S/C16H9N3O6/c20-16-14(8-10-4-6-12(7-5-10)18(21)22)17-15(25-16)11-2-1-3-13(9-11)19(23)24/h1-9H. The van der Waals surface area contributed by atoms with E-state index in [-0.39, 0.29) is 23.0 Å². The van der Waals surface area contributed by atoms with Crippen molar-refractivity contribution in [2.75, 3.05) is 0 Å². The molecule has 0 spiro atoms. The van der Waals surface area contributed by atoms with Crippen molar-refractivity contribution >= 4 is 29.3 Å². The molecule has 9 heteroatoms. The van der Waals surface area contributed by atoms with Crippen LogP contribution in [0.2, 0.25) is 0 Å². The number of carbonyl (C=O) groups excluding carboxylic acids is 1. The SMILES string of the molecule is O=C1OC(c2cccc([N+](=O)[O-])c2)=NC1=Cc1ccc([N+](=O)[O-])cc1. The van der Waals surface area contributed by atoms with Gasteiger partial charge in [-0.1, -0.05) is 6.07 Å². The molecule has 0 radical (unpaired) electrons. The molecule has 0 atom stereocenters. The van der Waals surface area contributed by atoms with Crippen LogP contribution >= 0.6 is 0 Å². The zero-order valence-electron chi connectivity index (χ0n) is 12.5. The number of benzene rings is 2. The number of rotatable bonds is 4. The highest BCUT2D eigenvalue weighted by atomic mass is 16.6. The molecule has 9 nitrogen and oxygen atoms in total. The average Bonchev–Trinajstić information content (AvgIpc) is 2.96. The minimum atomic E-state index is -0.708. The summed E-state index contributed by atoms with van der Waals surface area (Å²) in [4.78, 5) is 36.3. The Morgan fingerprint density at radius 3 is 2.28 bits per heavy atom. The van der Waals surface area contributed by atoms with Crippen LogP contribution in [0.5, 0.6) is 0 Å². The van der Waals surface area contributed by atoms with Gasteiger partial charge in [0.1, 0.15) is 0 Å². The maximum atomic E-state index is 11.9. The predicted molar refractivity (Wildman–Crippen MR) is 86.8 cm³/mol. The topological polar surface area (TPSA) is 125 Å². The molecule has 1 aliphatic heterocycles. The van der Waals surface area contributed by atoms with E-state index in [1.54, 1.807) is 0 Å². The van der Waals surface area contributed by atoms with Gasteiger partial charge in [-0.25, -0.2) is 9.79 Å². The number of non-ortho nitro benzene ring substituents is 2. The number of cyclic esters (lactones) is 1. The number of esters is 1. The molecule has 0 amide bonds. The van der Waals surface area contributed by atoms with E-state index >= 15 is 0 Å². The van der Waals surface area contributed by atoms with Gasteiger partial charge in [0.2, 0.25) is 5.90 Å². The van der Waals surface area contributed by atoms with E-state index < -0.39 is 15.8 Å². The lowest BCUT2D eigenvalue weighted by Crippen LogP contribution is -2.05. The summed E-state index contributed by atoms with van der Waals surface area (Å²) >= 11 is 0. The summed E-state index contributed by atoms with van der Waals surface area (Å²) in [7, 11) is 0. The quantitative estimate of drug-likeness (QED) is 0.365. The van der Waals surface area contributed by atoms with E-state index in [0.29, 0.717) is 11.1 Å². The van der Waals surface area contributed by atoms with E-state index in [2.05, 4.69) is 4.99 Å². The van der Waals surface area contributed by atoms with Crippen molar-refractivity contribution in [3.63, 3.8) is 0 Å². The van der Waals surface area contributed by atoms with E-state index in [1.807, 2.05) is 0 Å². The van der Waals surface area contributed by atoms with Gasteiger partial charge in [-0.05, 0) is 29.8 Å². The highest BCUT2D eigenvalue weighted by Crippen LogP contribution is 2.22. The second-order valence-electron chi connectivity index (χ2n) is 4.99. The summed E-state index contributed by atoms with van der Waals surface area (Å²) in [6.45, 7) is 0. The Kier molecular flexibility index (Phi) is 4.04. The summed E-state index contributed by atoms with van der Waals surface area (Å²) in [5, 5.41) is 21.4. The third-order valence-corrected chi connectivity index (χ3v) is 3.33. The Hall–Kier alpha value is -3.88. The molecule has 25 heavy (non-hydrogen) atoms. The van der Waals surface area contributed by atoms with Crippen LogP contribution in [0.15, 0.2) is 59.2 Å². The highest BCUT2D eigenvalue weighted by molar-refractivity contribution is 6.13. The van der Waals surface area contributed by atoms with Gasteiger partial charge in [-0.15, -0.1) is 0 Å². The Balaban J connectivity index is 1.90. The average molecular weight is 339 g/mol. The number of nitro benzene ring substituents is 2. The molecule has 2 aromatic carbocycles. The molecule has 1 aliphatic rings. The van der Waals surface area contributed by atoms with Crippen LogP contribution in [0.25, 0.3) is 6.08 Å². The zero-order chi connectivity index (χ0) is 18.0. The summed E-state index contributed by atoms with van der Waals surface area (Å²) in [5.74, 6) is -0.748. The molecule has 0 aliphatic carbocycles. The number of hydrogen-bond donors (Lipinski definition) is 0. The molecule has 0 aromatic heterocycles.